The maximum absolute atomic E-state index is 10.2. The van der Waals surface area contributed by atoms with Crippen molar-refractivity contribution in [2.45, 2.75) is 4.90 Å². The van der Waals surface area contributed by atoms with E-state index in [4.69, 9.17) is 10.3 Å². The molecule has 0 unspecified atom stereocenters. The maximum atomic E-state index is 10.2. The lowest BCUT2D eigenvalue weighted by Crippen LogP contribution is -2.16. The fourth-order valence-electron chi connectivity index (χ4n) is 0.620. The number of carboxylic acid groups (broad SMARTS) is 1. The van der Waals surface area contributed by atoms with Crippen molar-refractivity contribution in [3.8, 4) is 0 Å². The van der Waals surface area contributed by atoms with E-state index >= 15 is 0 Å². The van der Waals surface area contributed by atoms with Gasteiger partial charge in [0.15, 0.2) is 0 Å². The Morgan fingerprint density at radius 2 is 1.92 bits per heavy atom. The predicted molar refractivity (Wildman–Crippen MR) is 43.9 cm³/mol. The van der Waals surface area contributed by atoms with Crippen LogP contribution in [0.3, 0.4) is 0 Å². The van der Waals surface area contributed by atoms with Gasteiger partial charge in [-0.1, -0.05) is 18.2 Å². The van der Waals surface area contributed by atoms with E-state index in [1.807, 2.05) is 6.07 Å². The lowest BCUT2D eigenvalue weighted by molar-refractivity contribution is 0.0246. The van der Waals surface area contributed by atoms with Crippen LogP contribution >= 0.6 is 11.9 Å². The van der Waals surface area contributed by atoms with E-state index in [0.717, 1.165) is 11.9 Å². The van der Waals surface area contributed by atoms with Gasteiger partial charge in [0.1, 0.15) is 0 Å². The van der Waals surface area contributed by atoms with Crippen molar-refractivity contribution in [1.82, 2.24) is 4.47 Å². The van der Waals surface area contributed by atoms with Gasteiger partial charge in [-0.05, 0) is 12.1 Å². The molecule has 0 saturated heterocycles. The molecule has 12 heavy (non-hydrogen) atoms. The number of rotatable bonds is 2. The second-order valence-corrected chi connectivity index (χ2v) is 2.96. The van der Waals surface area contributed by atoms with Gasteiger partial charge >= 0.3 is 6.09 Å². The van der Waals surface area contributed by atoms with Gasteiger partial charge < -0.3 is 5.11 Å². The lowest BCUT2D eigenvalue weighted by Gasteiger charge is -2.07. The Bertz CT molecular complexity index is 265. The van der Waals surface area contributed by atoms with Crippen molar-refractivity contribution < 1.29 is 15.1 Å². The molecule has 1 rings (SSSR count). The Balaban J connectivity index is 2.58. The molecule has 1 amide bonds. The molecule has 5 heteroatoms. The Morgan fingerprint density at radius 3 is 2.42 bits per heavy atom. The first-order chi connectivity index (χ1) is 5.70. The number of hydrogen-bond acceptors (Lipinski definition) is 3. The molecule has 64 valence electrons. The third-order valence-electron chi connectivity index (χ3n) is 1.10. The van der Waals surface area contributed by atoms with E-state index in [0.29, 0.717) is 4.90 Å². The molecule has 0 aliphatic rings. The summed E-state index contributed by atoms with van der Waals surface area (Å²) in [6, 6.07) is 8.75. The zero-order valence-electron chi connectivity index (χ0n) is 6.04. The van der Waals surface area contributed by atoms with Gasteiger partial charge in [0.25, 0.3) is 0 Å². The van der Waals surface area contributed by atoms with Gasteiger partial charge in [-0.3, -0.25) is 5.21 Å². The molecule has 4 nitrogen and oxygen atoms in total. The SMILES string of the molecule is O=C(O)N(O)Sc1ccccc1. The van der Waals surface area contributed by atoms with E-state index in [1.165, 1.54) is 0 Å². The van der Waals surface area contributed by atoms with Crippen LogP contribution in [-0.4, -0.2) is 20.9 Å². The third-order valence-corrected chi connectivity index (χ3v) is 1.91. The molecule has 0 aromatic heterocycles. The van der Waals surface area contributed by atoms with E-state index in [9.17, 15) is 4.79 Å². The highest BCUT2D eigenvalue weighted by Crippen LogP contribution is 2.19. The van der Waals surface area contributed by atoms with E-state index in [-0.39, 0.29) is 4.47 Å². The van der Waals surface area contributed by atoms with E-state index in [1.54, 1.807) is 24.3 Å². The van der Waals surface area contributed by atoms with Crippen LogP contribution in [0.25, 0.3) is 0 Å². The lowest BCUT2D eigenvalue weighted by atomic mass is 10.4. The average Bonchev–Trinajstić information content (AvgIpc) is 2.06. The van der Waals surface area contributed by atoms with Crippen molar-refractivity contribution in [3.05, 3.63) is 30.3 Å². The molecule has 0 saturated carbocycles. The zero-order chi connectivity index (χ0) is 8.97. The fraction of sp³-hybridized carbons (Fsp3) is 0. The molecule has 0 aliphatic carbocycles. The summed E-state index contributed by atoms with van der Waals surface area (Å²) in [5.74, 6) is 0. The van der Waals surface area contributed by atoms with Crippen molar-refractivity contribution in [2.75, 3.05) is 0 Å². The first-order valence-electron chi connectivity index (χ1n) is 3.15. The van der Waals surface area contributed by atoms with E-state index in [2.05, 4.69) is 0 Å². The average molecular weight is 185 g/mol. The molecule has 0 spiro atoms. The molecule has 0 radical (unpaired) electrons. The molecule has 0 fully saturated rings. The van der Waals surface area contributed by atoms with Crippen LogP contribution in [-0.2, 0) is 0 Å². The molecule has 0 heterocycles. The number of benzene rings is 1. The quantitative estimate of drug-likeness (QED) is 0.420. The summed E-state index contributed by atoms with van der Waals surface area (Å²) < 4.78 is 0.162. The Labute approximate surface area is 73.5 Å². The van der Waals surface area contributed by atoms with Gasteiger partial charge in [0.05, 0.1) is 0 Å². The Hall–Kier alpha value is -1.20. The first kappa shape index (κ1) is 8.89. The standard InChI is InChI=1S/C7H7NO3S/c9-7(10)8(11)12-6-4-2-1-3-5-6/h1-5,11H,(H,9,10). The zero-order valence-corrected chi connectivity index (χ0v) is 6.86. The topological polar surface area (TPSA) is 60.8 Å². The molecular weight excluding hydrogens is 178 g/mol. The minimum absolute atomic E-state index is 0.162. The van der Waals surface area contributed by atoms with Gasteiger partial charge in [0, 0.05) is 16.8 Å². The molecule has 0 bridgehead atoms. The second kappa shape index (κ2) is 3.99. The summed E-state index contributed by atoms with van der Waals surface area (Å²) in [5, 5.41) is 17.1. The number of hydroxylamine groups is 1. The Kier molecular flexibility index (Phi) is 2.95. The molecule has 0 atom stereocenters. The molecule has 0 aliphatic heterocycles. The summed E-state index contributed by atoms with van der Waals surface area (Å²) in [7, 11) is 0. The second-order valence-electron chi connectivity index (χ2n) is 1.96. The third kappa shape index (κ3) is 2.44. The van der Waals surface area contributed by atoms with Crippen LogP contribution < -0.4 is 0 Å². The van der Waals surface area contributed by atoms with Crippen molar-refractivity contribution in [2.24, 2.45) is 0 Å². The normalized spacial score (nSPS) is 9.42. The fourth-order valence-corrected chi connectivity index (χ4v) is 1.18. The smallest absolute Gasteiger partial charge is 0.442 e. The van der Waals surface area contributed by atoms with Crippen molar-refractivity contribution in [1.29, 1.82) is 0 Å². The monoisotopic (exact) mass is 185 g/mol. The highest BCUT2D eigenvalue weighted by Gasteiger charge is 2.08. The largest absolute Gasteiger partial charge is 0.463 e. The number of amides is 1. The van der Waals surface area contributed by atoms with Crippen LogP contribution in [0.2, 0.25) is 0 Å². The molecule has 1 aromatic rings. The predicted octanol–water partition coefficient (Wildman–Crippen LogP) is 2.06. The minimum Gasteiger partial charge on any atom is -0.463 e. The highest BCUT2D eigenvalue weighted by atomic mass is 32.2. The van der Waals surface area contributed by atoms with Crippen LogP contribution in [0.1, 0.15) is 0 Å². The van der Waals surface area contributed by atoms with Crippen molar-refractivity contribution >= 4 is 18.0 Å². The number of hydrogen-bond donors (Lipinski definition) is 2. The van der Waals surface area contributed by atoms with Gasteiger partial charge in [-0.25, -0.2) is 4.79 Å². The van der Waals surface area contributed by atoms with Gasteiger partial charge in [0.2, 0.25) is 0 Å². The van der Waals surface area contributed by atoms with Crippen LogP contribution in [0.15, 0.2) is 35.2 Å². The number of carbonyl (C=O) groups is 1. The van der Waals surface area contributed by atoms with E-state index < -0.39 is 6.09 Å². The van der Waals surface area contributed by atoms with Gasteiger partial charge in [-0.15, -0.1) is 4.47 Å². The molecule has 2 N–H and O–H groups in total. The van der Waals surface area contributed by atoms with Crippen molar-refractivity contribution in [3.63, 3.8) is 0 Å². The number of nitrogens with zero attached hydrogens (tertiary/aromatic N) is 1. The minimum atomic E-state index is -1.39. The molecular formula is C7H7NO3S. The highest BCUT2D eigenvalue weighted by molar-refractivity contribution is 7.97. The van der Waals surface area contributed by atoms with Crippen LogP contribution in [0.4, 0.5) is 4.79 Å². The first-order valence-corrected chi connectivity index (χ1v) is 3.92. The maximum Gasteiger partial charge on any atom is 0.442 e. The van der Waals surface area contributed by atoms with Crippen LogP contribution in [0, 0.1) is 0 Å². The van der Waals surface area contributed by atoms with Crippen LogP contribution in [0.5, 0.6) is 0 Å². The summed E-state index contributed by atoms with van der Waals surface area (Å²) >= 11 is 0.741. The Morgan fingerprint density at radius 1 is 1.33 bits per heavy atom. The van der Waals surface area contributed by atoms with Gasteiger partial charge in [-0.2, -0.15) is 0 Å². The summed E-state index contributed by atoms with van der Waals surface area (Å²) in [6.07, 6.45) is -1.39. The summed E-state index contributed by atoms with van der Waals surface area (Å²) in [5.41, 5.74) is 0. The summed E-state index contributed by atoms with van der Waals surface area (Å²) in [6.45, 7) is 0. The summed E-state index contributed by atoms with van der Waals surface area (Å²) in [4.78, 5) is 10.8. The molecule has 1 aromatic carbocycles.